The summed E-state index contributed by atoms with van der Waals surface area (Å²) in [6, 6.07) is 11.3. The molecule has 3 heterocycles. The van der Waals surface area contributed by atoms with E-state index >= 15 is 0 Å². The Morgan fingerprint density at radius 1 is 1.21 bits per heavy atom. The first-order chi connectivity index (χ1) is 16.2. The number of carboxylic acid groups (broad SMARTS) is 1. The van der Waals surface area contributed by atoms with Crippen LogP contribution in [0.25, 0.3) is 0 Å². The summed E-state index contributed by atoms with van der Waals surface area (Å²) in [6.07, 6.45) is 3.44. The lowest BCUT2D eigenvalue weighted by Gasteiger charge is -2.20. The first kappa shape index (κ1) is 24.8. The highest BCUT2D eigenvalue weighted by Gasteiger charge is 2.29. The smallest absolute Gasteiger partial charge is 0.300 e. The van der Waals surface area contributed by atoms with Crippen molar-refractivity contribution in [1.82, 2.24) is 4.98 Å². The van der Waals surface area contributed by atoms with E-state index in [1.807, 2.05) is 43.3 Å². The summed E-state index contributed by atoms with van der Waals surface area (Å²) in [5.74, 6) is 6.12. The highest BCUT2D eigenvalue weighted by Crippen LogP contribution is 2.39. The second-order valence-electron chi connectivity index (χ2n) is 7.29. The van der Waals surface area contributed by atoms with Crippen LogP contribution in [0.1, 0.15) is 41.0 Å². The van der Waals surface area contributed by atoms with E-state index in [9.17, 15) is 0 Å². The highest BCUT2D eigenvalue weighted by molar-refractivity contribution is 7.17. The molecule has 3 N–H and O–H groups in total. The van der Waals surface area contributed by atoms with Crippen molar-refractivity contribution in [2.75, 3.05) is 11.4 Å². The average molecular weight is 492 g/mol. The van der Waals surface area contributed by atoms with E-state index in [1.54, 1.807) is 24.2 Å². The zero-order chi connectivity index (χ0) is 24.8. The maximum absolute atomic E-state index is 9.00. The Labute approximate surface area is 206 Å². The van der Waals surface area contributed by atoms with Crippen LogP contribution in [-0.2, 0) is 4.79 Å². The number of thiophene rings is 1. The number of carboxylic acids is 1. The molecule has 9 heteroatoms. The first-order valence-corrected chi connectivity index (χ1v) is 11.4. The zero-order valence-corrected chi connectivity index (χ0v) is 20.4. The molecule has 0 atom stereocenters. The van der Waals surface area contributed by atoms with Crippen LogP contribution < -0.4 is 4.90 Å². The molecule has 4 rings (SSSR count). The van der Waals surface area contributed by atoms with Crippen LogP contribution in [0.15, 0.2) is 53.8 Å². The van der Waals surface area contributed by atoms with Crippen molar-refractivity contribution in [2.45, 2.75) is 20.8 Å². The number of rotatable bonds is 1. The number of nitrogens with one attached hydrogen (secondary N) is 2. The Bertz CT molecular complexity index is 1330. The number of carbonyl (C=O) groups is 1. The number of hydrogen-bond acceptors (Lipinski definition) is 6. The Hall–Kier alpha value is -3.80. The summed E-state index contributed by atoms with van der Waals surface area (Å²) in [4.78, 5) is 20.4. The quantitative estimate of drug-likeness (QED) is 0.246. The number of nitrogens with zero attached hydrogens (tertiary/aromatic N) is 3. The number of anilines is 1. The summed E-state index contributed by atoms with van der Waals surface area (Å²) >= 11 is 7.55. The van der Waals surface area contributed by atoms with Crippen LogP contribution in [0.4, 0.5) is 5.00 Å². The van der Waals surface area contributed by atoms with Crippen LogP contribution in [0.3, 0.4) is 0 Å². The Kier molecular flexibility index (Phi) is 7.95. The summed E-state index contributed by atoms with van der Waals surface area (Å²) < 4.78 is 0. The number of benzene rings is 1. The highest BCUT2D eigenvalue weighted by atomic mass is 35.5. The van der Waals surface area contributed by atoms with Crippen molar-refractivity contribution < 1.29 is 9.90 Å². The molecule has 34 heavy (non-hydrogen) atoms. The van der Waals surface area contributed by atoms with Gasteiger partial charge in [0.25, 0.3) is 5.97 Å². The van der Waals surface area contributed by atoms with Gasteiger partial charge in [-0.25, -0.2) is 0 Å². The number of fused-ring (bicyclic) bond motifs is 1. The molecule has 1 aromatic carbocycles. The van der Waals surface area contributed by atoms with E-state index in [0.717, 1.165) is 44.8 Å². The van der Waals surface area contributed by atoms with E-state index in [4.69, 9.17) is 37.3 Å². The molecule has 0 saturated heterocycles. The fraction of sp³-hybridized carbons (Fsp3) is 0.160. The molecule has 0 bridgehead atoms. The number of aromatic nitrogens is 1. The number of pyridine rings is 1. The van der Waals surface area contributed by atoms with Gasteiger partial charge in [-0.2, -0.15) is 0 Å². The van der Waals surface area contributed by atoms with Crippen molar-refractivity contribution in [3.05, 3.63) is 80.9 Å². The Morgan fingerprint density at radius 3 is 2.47 bits per heavy atom. The lowest BCUT2D eigenvalue weighted by atomic mass is 9.99. The third-order valence-corrected chi connectivity index (χ3v) is 6.10. The first-order valence-electron chi connectivity index (χ1n) is 10.2. The zero-order valence-electron chi connectivity index (χ0n) is 18.8. The maximum Gasteiger partial charge on any atom is 0.300 e. The van der Waals surface area contributed by atoms with Gasteiger partial charge in [-0.3, -0.25) is 30.5 Å². The second kappa shape index (κ2) is 10.9. The third kappa shape index (κ3) is 5.76. The SMILES string of the molecule is CC(=N)N1C(=N)CN=C(c2ccc(Cl)cc2)c2c1sc(C#Cc1cccnc1)c2C.CC(=O)O. The molecule has 1 aliphatic heterocycles. The van der Waals surface area contributed by atoms with Gasteiger partial charge in [-0.05, 0) is 43.7 Å². The fourth-order valence-electron chi connectivity index (χ4n) is 3.24. The lowest BCUT2D eigenvalue weighted by molar-refractivity contribution is -0.134. The van der Waals surface area contributed by atoms with Crippen molar-refractivity contribution in [1.29, 1.82) is 10.8 Å². The van der Waals surface area contributed by atoms with Gasteiger partial charge in [0, 0.05) is 41.0 Å². The van der Waals surface area contributed by atoms with Crippen LogP contribution >= 0.6 is 22.9 Å². The Balaban J connectivity index is 0.000000751. The lowest BCUT2D eigenvalue weighted by Crippen LogP contribution is -2.35. The molecular formula is C25H22ClN5O2S. The number of hydrogen-bond donors (Lipinski definition) is 3. The van der Waals surface area contributed by atoms with Gasteiger partial charge in [0.1, 0.15) is 16.7 Å². The molecule has 1 aliphatic rings. The predicted molar refractivity (Wildman–Crippen MR) is 138 cm³/mol. The van der Waals surface area contributed by atoms with Crippen LogP contribution in [0.5, 0.6) is 0 Å². The van der Waals surface area contributed by atoms with Crippen molar-refractivity contribution in [2.24, 2.45) is 4.99 Å². The van der Waals surface area contributed by atoms with Gasteiger partial charge in [-0.15, -0.1) is 11.3 Å². The molecule has 2 aromatic heterocycles. The fourth-order valence-corrected chi connectivity index (χ4v) is 4.61. The largest absolute Gasteiger partial charge is 0.481 e. The minimum atomic E-state index is -0.833. The van der Waals surface area contributed by atoms with Crippen molar-refractivity contribution in [3.8, 4) is 11.8 Å². The normalized spacial score (nSPS) is 12.3. The third-order valence-electron chi connectivity index (χ3n) is 4.66. The topological polar surface area (TPSA) is 113 Å². The summed E-state index contributed by atoms with van der Waals surface area (Å²) in [7, 11) is 0. The Morgan fingerprint density at radius 2 is 1.88 bits per heavy atom. The van der Waals surface area contributed by atoms with Crippen LogP contribution in [-0.4, -0.2) is 40.0 Å². The molecule has 0 amide bonds. The minimum Gasteiger partial charge on any atom is -0.481 e. The van der Waals surface area contributed by atoms with E-state index in [2.05, 4.69) is 16.8 Å². The van der Waals surface area contributed by atoms with Crippen LogP contribution in [0, 0.1) is 29.6 Å². The van der Waals surface area contributed by atoms with E-state index in [1.165, 1.54) is 11.3 Å². The molecule has 0 fully saturated rings. The number of aliphatic carboxylic acids is 1. The van der Waals surface area contributed by atoms with Crippen molar-refractivity contribution in [3.63, 3.8) is 0 Å². The molecule has 7 nitrogen and oxygen atoms in total. The average Bonchev–Trinajstić information content (AvgIpc) is 3.00. The maximum atomic E-state index is 9.00. The van der Waals surface area contributed by atoms with Gasteiger partial charge in [0.2, 0.25) is 0 Å². The molecule has 0 radical (unpaired) electrons. The molecule has 3 aromatic rings. The molecule has 0 aliphatic carbocycles. The van der Waals surface area contributed by atoms with Gasteiger partial charge in [0.15, 0.2) is 0 Å². The predicted octanol–water partition coefficient (Wildman–Crippen LogP) is 5.23. The summed E-state index contributed by atoms with van der Waals surface area (Å²) in [6.45, 7) is 4.98. The van der Waals surface area contributed by atoms with E-state index in [-0.39, 0.29) is 18.2 Å². The van der Waals surface area contributed by atoms with Crippen LogP contribution in [0.2, 0.25) is 5.02 Å². The summed E-state index contributed by atoms with van der Waals surface area (Å²) in [5.41, 5.74) is 4.44. The van der Waals surface area contributed by atoms with E-state index < -0.39 is 5.97 Å². The molecular weight excluding hydrogens is 470 g/mol. The number of amidine groups is 2. The van der Waals surface area contributed by atoms with Gasteiger partial charge < -0.3 is 5.11 Å². The molecule has 0 saturated carbocycles. The molecule has 0 spiro atoms. The second-order valence-corrected chi connectivity index (χ2v) is 8.72. The van der Waals surface area contributed by atoms with Gasteiger partial charge in [-0.1, -0.05) is 35.6 Å². The van der Waals surface area contributed by atoms with Gasteiger partial charge in [0.05, 0.1) is 17.1 Å². The minimum absolute atomic E-state index is 0.200. The standard InChI is InChI=1S/C23H18ClN5S.C2H4O2/c1-14-19(10-5-16-4-3-11-27-12-16)30-23-21(14)22(17-6-8-18(24)9-7-17)28-13-20(26)29(23)15(2)25;1-2(3)4/h3-4,6-9,11-12,25-26H,13H2,1-2H3;1H3,(H,3,4). The number of halogens is 1. The molecule has 0 unspecified atom stereocenters. The number of aliphatic imine (C=N–C) groups is 1. The van der Waals surface area contributed by atoms with E-state index in [0.29, 0.717) is 5.02 Å². The summed E-state index contributed by atoms with van der Waals surface area (Å²) in [5, 5.41) is 25.6. The van der Waals surface area contributed by atoms with Gasteiger partial charge >= 0.3 is 0 Å². The monoisotopic (exact) mass is 491 g/mol. The van der Waals surface area contributed by atoms with Crippen molar-refractivity contribution >= 4 is 51.3 Å². The molecule has 172 valence electrons.